The minimum absolute atomic E-state index is 0.0819. The lowest BCUT2D eigenvalue weighted by atomic mass is 9.80. The number of hydrogen-bond acceptors (Lipinski definition) is 11. The molecule has 2 saturated heterocycles. The Labute approximate surface area is 302 Å². The number of ketones is 1. The number of Topliss-reactive ketones (excluding diaryl/α,β-unsaturated/α-hetero) is 1. The van der Waals surface area contributed by atoms with Crippen molar-refractivity contribution in [3.8, 4) is 0 Å². The van der Waals surface area contributed by atoms with Gasteiger partial charge in [0.15, 0.2) is 18.8 Å². The van der Waals surface area contributed by atoms with Crippen molar-refractivity contribution in [1.29, 1.82) is 0 Å². The first-order valence-corrected chi connectivity index (χ1v) is 21.5. The molecule has 1 aromatic carbocycles. The van der Waals surface area contributed by atoms with Crippen molar-refractivity contribution in [2.75, 3.05) is 130 Å². The lowest BCUT2D eigenvalue weighted by molar-refractivity contribution is -0.516. The molecule has 2 fully saturated rings. The van der Waals surface area contributed by atoms with Crippen LogP contribution in [0.2, 0.25) is 0 Å². The van der Waals surface area contributed by atoms with Crippen molar-refractivity contribution >= 4 is 69.8 Å². The highest BCUT2D eigenvalue weighted by Gasteiger charge is 2.36. The van der Waals surface area contributed by atoms with Gasteiger partial charge >= 0.3 is 0 Å². The van der Waals surface area contributed by atoms with Crippen LogP contribution in [0.4, 0.5) is 5.69 Å². The molecule has 2 aliphatic heterocycles. The quantitative estimate of drug-likeness (QED) is 0.320. The standard InChI is InChI=1S/C36H48N2O6S4/c39-35-33(29-1-5-31(6-2-29)37-9-21-45-25-17-41-13-14-42-18-26-46-22-10-37)36(40)34(35)30-3-7-32(8-4-30)38-11-23-47-27-19-43-15-16-44-20-28-48-24-12-38/h1-8H,9-28H2/p+1. The molecule has 1 N–H and O–H groups in total. The Kier molecular flexibility index (Phi) is 16.9. The van der Waals surface area contributed by atoms with Crippen LogP contribution >= 0.6 is 47.0 Å². The van der Waals surface area contributed by atoms with Gasteiger partial charge in [0.2, 0.25) is 5.78 Å². The maximum Gasteiger partial charge on any atom is 0.201 e. The Morgan fingerprint density at radius 2 is 1.06 bits per heavy atom. The minimum atomic E-state index is -0.106. The molecule has 0 spiro atoms. The van der Waals surface area contributed by atoms with Gasteiger partial charge in [-0.05, 0) is 35.4 Å². The smallest absolute Gasteiger partial charge is 0.201 e. The molecule has 1 aromatic rings. The van der Waals surface area contributed by atoms with Crippen LogP contribution in [-0.4, -0.2) is 146 Å². The molecule has 8 nitrogen and oxygen atoms in total. The number of rotatable bonds is 2. The summed E-state index contributed by atoms with van der Waals surface area (Å²) >= 11 is 7.61. The lowest BCUT2D eigenvalue weighted by Gasteiger charge is -2.26. The average molecular weight is 734 g/mol. The van der Waals surface area contributed by atoms with Crippen LogP contribution in [0.15, 0.2) is 65.5 Å². The van der Waals surface area contributed by atoms with Crippen LogP contribution in [-0.2, 0) is 23.7 Å². The summed E-state index contributed by atoms with van der Waals surface area (Å²) < 4.78 is 25.0. The maximum absolute atomic E-state index is 13.4. The van der Waals surface area contributed by atoms with Crippen LogP contribution in [0, 0.1) is 0 Å². The van der Waals surface area contributed by atoms with Gasteiger partial charge in [0.25, 0.3) is 0 Å². The molecule has 0 atom stereocenters. The number of carbonyl (C=O) groups excluding carboxylic acids is 1. The molecule has 262 valence electrons. The SMILES string of the molecule is O=C1C(=C2C=CC(=[N+]3CCSCCOCCOCCSCC3)C=C2)C(O)=C1c1ccc(N2CCSCCOCCOCCSCC2)cc1. The first-order valence-electron chi connectivity index (χ1n) is 16.9. The number of ether oxygens (including phenoxy) is 4. The van der Waals surface area contributed by atoms with E-state index in [-0.39, 0.29) is 11.5 Å². The van der Waals surface area contributed by atoms with Crippen molar-refractivity contribution < 1.29 is 33.4 Å². The fourth-order valence-corrected chi connectivity index (χ4v) is 8.74. The molecule has 2 aliphatic carbocycles. The molecule has 0 unspecified atom stereocenters. The average Bonchev–Trinajstić information content (AvgIpc) is 3.12. The summed E-state index contributed by atoms with van der Waals surface area (Å²) in [4.78, 5) is 15.8. The largest absolute Gasteiger partial charge is 0.506 e. The zero-order valence-corrected chi connectivity index (χ0v) is 31.0. The molecule has 2 heterocycles. The number of nitrogens with zero attached hydrogens (tertiary/aromatic N) is 2. The minimum Gasteiger partial charge on any atom is -0.506 e. The van der Waals surface area contributed by atoms with Gasteiger partial charge in [0.05, 0.1) is 75.5 Å². The first-order chi connectivity index (χ1) is 23.7. The van der Waals surface area contributed by atoms with Crippen molar-refractivity contribution in [2.24, 2.45) is 0 Å². The molecular weight excluding hydrogens is 685 g/mol. The van der Waals surface area contributed by atoms with Crippen LogP contribution in [0.25, 0.3) is 5.57 Å². The Balaban J connectivity index is 1.22. The van der Waals surface area contributed by atoms with E-state index < -0.39 is 0 Å². The second kappa shape index (κ2) is 21.5. The monoisotopic (exact) mass is 733 g/mol. The predicted octanol–water partition coefficient (Wildman–Crippen LogP) is 5.25. The summed E-state index contributed by atoms with van der Waals surface area (Å²) in [7, 11) is 0. The Bertz CT molecular complexity index is 1290. The molecule has 4 aliphatic rings. The summed E-state index contributed by atoms with van der Waals surface area (Å²) in [5, 5.41) is 11.1. The van der Waals surface area contributed by atoms with Gasteiger partial charge in [-0.25, -0.2) is 4.58 Å². The van der Waals surface area contributed by atoms with Gasteiger partial charge in [0, 0.05) is 65.4 Å². The molecule has 0 amide bonds. The zero-order chi connectivity index (χ0) is 33.2. The van der Waals surface area contributed by atoms with E-state index in [9.17, 15) is 9.90 Å². The summed E-state index contributed by atoms with van der Waals surface area (Å²) in [6.45, 7) is 9.42. The van der Waals surface area contributed by atoms with Crippen molar-refractivity contribution in [3.05, 3.63) is 71.0 Å². The molecule has 12 heteroatoms. The predicted molar refractivity (Wildman–Crippen MR) is 206 cm³/mol. The number of hydrogen-bond donors (Lipinski definition) is 1. The fraction of sp³-hybridized carbons (Fsp3) is 0.556. The van der Waals surface area contributed by atoms with Gasteiger partial charge in [-0.3, -0.25) is 4.79 Å². The summed E-state index contributed by atoms with van der Waals surface area (Å²) in [6, 6.07) is 8.08. The van der Waals surface area contributed by atoms with E-state index in [0.717, 1.165) is 121 Å². The molecule has 5 rings (SSSR count). The fourth-order valence-electron chi connectivity index (χ4n) is 5.58. The van der Waals surface area contributed by atoms with Crippen LogP contribution in [0.1, 0.15) is 5.56 Å². The Morgan fingerprint density at radius 3 is 1.54 bits per heavy atom. The van der Waals surface area contributed by atoms with E-state index in [4.69, 9.17) is 18.9 Å². The molecule has 0 bridgehead atoms. The number of carbonyl (C=O) groups is 1. The highest BCUT2D eigenvalue weighted by molar-refractivity contribution is 7.99. The van der Waals surface area contributed by atoms with Crippen molar-refractivity contribution in [3.63, 3.8) is 0 Å². The Hall–Kier alpha value is -1.64. The van der Waals surface area contributed by atoms with Crippen molar-refractivity contribution in [2.45, 2.75) is 0 Å². The normalized spacial score (nSPS) is 22.8. The molecule has 0 radical (unpaired) electrons. The topological polar surface area (TPSA) is 80.5 Å². The number of allylic oxidation sites excluding steroid dienone is 7. The van der Waals surface area contributed by atoms with Gasteiger partial charge in [0.1, 0.15) is 5.76 Å². The summed E-state index contributed by atoms with van der Waals surface area (Å²) in [6.07, 6.45) is 8.08. The summed E-state index contributed by atoms with van der Waals surface area (Å²) in [5.41, 5.74) is 4.57. The number of benzene rings is 1. The Morgan fingerprint density at radius 1 is 0.583 bits per heavy atom. The van der Waals surface area contributed by atoms with Crippen LogP contribution < -0.4 is 4.90 Å². The second-order valence-corrected chi connectivity index (χ2v) is 16.3. The number of thioether (sulfide) groups is 4. The third-order valence-electron chi connectivity index (χ3n) is 8.22. The molecule has 48 heavy (non-hydrogen) atoms. The van der Waals surface area contributed by atoms with Gasteiger partial charge in [-0.1, -0.05) is 12.1 Å². The lowest BCUT2D eigenvalue weighted by Crippen LogP contribution is -2.29. The molecular formula is C36H49N2O6S4+. The number of aliphatic hydroxyl groups excluding tert-OH is 1. The van der Waals surface area contributed by atoms with Gasteiger partial charge in [-0.2, -0.15) is 47.0 Å². The second-order valence-electron chi connectivity index (χ2n) is 11.4. The zero-order valence-electron chi connectivity index (χ0n) is 27.8. The third-order valence-corrected chi connectivity index (χ3v) is 11.9. The van der Waals surface area contributed by atoms with Crippen LogP contribution in [0.3, 0.4) is 0 Å². The molecule has 0 aromatic heterocycles. The van der Waals surface area contributed by atoms with Gasteiger partial charge in [-0.15, -0.1) is 0 Å². The van der Waals surface area contributed by atoms with E-state index in [1.54, 1.807) is 0 Å². The van der Waals surface area contributed by atoms with E-state index in [1.807, 2.05) is 71.3 Å². The van der Waals surface area contributed by atoms with E-state index >= 15 is 0 Å². The van der Waals surface area contributed by atoms with E-state index in [0.29, 0.717) is 37.6 Å². The first kappa shape index (κ1) is 37.6. The van der Waals surface area contributed by atoms with Gasteiger partial charge < -0.3 is 29.0 Å². The maximum atomic E-state index is 13.4. The third kappa shape index (κ3) is 11.7. The van der Waals surface area contributed by atoms with E-state index in [2.05, 4.69) is 33.8 Å². The van der Waals surface area contributed by atoms with E-state index in [1.165, 1.54) is 0 Å². The summed E-state index contributed by atoms with van der Waals surface area (Å²) in [5.74, 6) is 7.96. The molecule has 0 saturated carbocycles. The highest BCUT2D eigenvalue weighted by atomic mass is 32.2. The number of anilines is 1. The number of aliphatic hydroxyl groups is 1. The van der Waals surface area contributed by atoms with Crippen molar-refractivity contribution in [1.82, 2.24) is 0 Å². The van der Waals surface area contributed by atoms with Crippen LogP contribution in [0.5, 0.6) is 0 Å². The highest BCUT2D eigenvalue weighted by Crippen LogP contribution is 2.39.